The molecule has 1 heterocycles. The number of aromatic nitrogens is 2. The standard InChI is InChI=1S/C9H17N3/c1-9(2,10)5-3-7-12-8-4-6-11-12/h4,6,8H,3,5,7,10H2,1-2H3. The molecular weight excluding hydrogens is 150 g/mol. The lowest BCUT2D eigenvalue weighted by Gasteiger charge is -2.17. The van der Waals surface area contributed by atoms with E-state index in [-0.39, 0.29) is 5.54 Å². The smallest absolute Gasteiger partial charge is 0.0489 e. The zero-order chi connectivity index (χ0) is 9.03. The van der Waals surface area contributed by atoms with Crippen molar-refractivity contribution in [3.05, 3.63) is 18.5 Å². The molecule has 3 nitrogen and oxygen atoms in total. The van der Waals surface area contributed by atoms with E-state index in [9.17, 15) is 0 Å². The first kappa shape index (κ1) is 9.26. The fourth-order valence-corrected chi connectivity index (χ4v) is 1.13. The first-order valence-corrected chi connectivity index (χ1v) is 4.34. The first-order valence-electron chi connectivity index (χ1n) is 4.34. The van der Waals surface area contributed by atoms with Crippen LogP contribution in [0.15, 0.2) is 18.5 Å². The molecule has 0 bridgehead atoms. The van der Waals surface area contributed by atoms with E-state index in [1.165, 1.54) is 0 Å². The van der Waals surface area contributed by atoms with Gasteiger partial charge in [0.2, 0.25) is 0 Å². The van der Waals surface area contributed by atoms with E-state index < -0.39 is 0 Å². The van der Waals surface area contributed by atoms with E-state index in [2.05, 4.69) is 18.9 Å². The maximum atomic E-state index is 5.85. The summed E-state index contributed by atoms with van der Waals surface area (Å²) in [5.41, 5.74) is 5.80. The summed E-state index contributed by atoms with van der Waals surface area (Å²) in [5, 5.41) is 4.11. The number of hydrogen-bond donors (Lipinski definition) is 1. The molecule has 0 spiro atoms. The van der Waals surface area contributed by atoms with Crippen LogP contribution in [0.5, 0.6) is 0 Å². The largest absolute Gasteiger partial charge is 0.326 e. The highest BCUT2D eigenvalue weighted by molar-refractivity contribution is 4.78. The van der Waals surface area contributed by atoms with Gasteiger partial charge in [0, 0.05) is 24.5 Å². The Morgan fingerprint density at radius 1 is 1.50 bits per heavy atom. The average Bonchev–Trinajstić information content (AvgIpc) is 2.36. The van der Waals surface area contributed by atoms with Crippen molar-refractivity contribution >= 4 is 0 Å². The molecule has 0 aromatic carbocycles. The molecule has 0 aliphatic heterocycles. The Labute approximate surface area is 73.6 Å². The summed E-state index contributed by atoms with van der Waals surface area (Å²) in [6.45, 7) is 5.07. The minimum absolute atomic E-state index is 0.0485. The fraction of sp³-hybridized carbons (Fsp3) is 0.667. The minimum atomic E-state index is -0.0485. The van der Waals surface area contributed by atoms with Gasteiger partial charge >= 0.3 is 0 Å². The summed E-state index contributed by atoms with van der Waals surface area (Å²) in [6.07, 6.45) is 5.90. The molecule has 68 valence electrons. The Kier molecular flexibility index (Phi) is 2.87. The van der Waals surface area contributed by atoms with Crippen LogP contribution < -0.4 is 5.73 Å². The SMILES string of the molecule is CC(C)(N)CCCn1cccn1. The molecule has 0 atom stereocenters. The summed E-state index contributed by atoms with van der Waals surface area (Å²) < 4.78 is 1.94. The zero-order valence-electron chi connectivity index (χ0n) is 7.83. The van der Waals surface area contributed by atoms with Crippen LogP contribution in [0.2, 0.25) is 0 Å². The number of rotatable bonds is 4. The van der Waals surface area contributed by atoms with E-state index in [4.69, 9.17) is 5.73 Å². The lowest BCUT2D eigenvalue weighted by molar-refractivity contribution is 0.428. The first-order chi connectivity index (χ1) is 5.58. The van der Waals surface area contributed by atoms with Crippen molar-refractivity contribution < 1.29 is 0 Å². The molecule has 0 radical (unpaired) electrons. The zero-order valence-corrected chi connectivity index (χ0v) is 7.83. The summed E-state index contributed by atoms with van der Waals surface area (Å²) >= 11 is 0. The summed E-state index contributed by atoms with van der Waals surface area (Å²) in [6, 6.07) is 1.94. The monoisotopic (exact) mass is 167 g/mol. The van der Waals surface area contributed by atoms with Crippen molar-refractivity contribution in [2.75, 3.05) is 0 Å². The molecule has 0 aliphatic carbocycles. The third-order valence-corrected chi connectivity index (χ3v) is 1.77. The molecule has 0 unspecified atom stereocenters. The Morgan fingerprint density at radius 3 is 2.75 bits per heavy atom. The van der Waals surface area contributed by atoms with Crippen LogP contribution in [0, 0.1) is 0 Å². The van der Waals surface area contributed by atoms with Crippen molar-refractivity contribution in [3.8, 4) is 0 Å². The molecular formula is C9H17N3. The summed E-state index contributed by atoms with van der Waals surface area (Å²) in [5.74, 6) is 0. The number of aryl methyl sites for hydroxylation is 1. The lowest BCUT2D eigenvalue weighted by Crippen LogP contribution is -2.31. The van der Waals surface area contributed by atoms with E-state index >= 15 is 0 Å². The Hall–Kier alpha value is -0.830. The molecule has 2 N–H and O–H groups in total. The maximum Gasteiger partial charge on any atom is 0.0489 e. The van der Waals surface area contributed by atoms with Crippen LogP contribution in [0.1, 0.15) is 26.7 Å². The molecule has 1 aromatic heterocycles. The number of nitrogens with two attached hydrogens (primary N) is 1. The summed E-state index contributed by atoms with van der Waals surface area (Å²) in [4.78, 5) is 0. The normalized spacial score (nSPS) is 11.9. The van der Waals surface area contributed by atoms with Crippen molar-refractivity contribution in [2.45, 2.75) is 38.8 Å². The Morgan fingerprint density at radius 2 is 2.25 bits per heavy atom. The van der Waals surface area contributed by atoms with Gasteiger partial charge in [0.05, 0.1) is 0 Å². The van der Waals surface area contributed by atoms with Crippen LogP contribution in [-0.4, -0.2) is 15.3 Å². The molecule has 12 heavy (non-hydrogen) atoms. The van der Waals surface area contributed by atoms with Gasteiger partial charge < -0.3 is 5.73 Å². The average molecular weight is 167 g/mol. The van der Waals surface area contributed by atoms with Gasteiger partial charge in [-0.1, -0.05) is 0 Å². The highest BCUT2D eigenvalue weighted by Crippen LogP contribution is 2.07. The van der Waals surface area contributed by atoms with Crippen LogP contribution >= 0.6 is 0 Å². The van der Waals surface area contributed by atoms with E-state index in [1.807, 2.05) is 16.9 Å². The van der Waals surface area contributed by atoms with Gasteiger partial charge in [0.15, 0.2) is 0 Å². The van der Waals surface area contributed by atoms with Gasteiger partial charge in [-0.05, 0) is 32.8 Å². The molecule has 3 heteroatoms. The number of nitrogens with zero attached hydrogens (tertiary/aromatic N) is 2. The van der Waals surface area contributed by atoms with Gasteiger partial charge in [0.1, 0.15) is 0 Å². The maximum absolute atomic E-state index is 5.85. The highest BCUT2D eigenvalue weighted by Gasteiger charge is 2.09. The summed E-state index contributed by atoms with van der Waals surface area (Å²) in [7, 11) is 0. The predicted molar refractivity (Wildman–Crippen MR) is 49.7 cm³/mol. The fourth-order valence-electron chi connectivity index (χ4n) is 1.13. The second-order valence-electron chi connectivity index (χ2n) is 3.86. The third-order valence-electron chi connectivity index (χ3n) is 1.77. The van der Waals surface area contributed by atoms with Gasteiger partial charge in [-0.3, -0.25) is 4.68 Å². The Bertz CT molecular complexity index is 208. The van der Waals surface area contributed by atoms with Crippen molar-refractivity contribution in [1.82, 2.24) is 9.78 Å². The van der Waals surface area contributed by atoms with Crippen molar-refractivity contribution in [2.24, 2.45) is 5.73 Å². The van der Waals surface area contributed by atoms with E-state index in [0.29, 0.717) is 0 Å². The highest BCUT2D eigenvalue weighted by atomic mass is 15.3. The molecule has 0 amide bonds. The second-order valence-corrected chi connectivity index (χ2v) is 3.86. The third kappa shape index (κ3) is 3.53. The molecule has 0 aliphatic rings. The topological polar surface area (TPSA) is 43.8 Å². The van der Waals surface area contributed by atoms with Crippen molar-refractivity contribution in [1.29, 1.82) is 0 Å². The van der Waals surface area contributed by atoms with Crippen LogP contribution in [0.3, 0.4) is 0 Å². The molecule has 0 fully saturated rings. The predicted octanol–water partition coefficient (Wildman–Crippen LogP) is 1.40. The van der Waals surface area contributed by atoms with E-state index in [1.54, 1.807) is 6.20 Å². The molecule has 1 aromatic rings. The van der Waals surface area contributed by atoms with Gasteiger partial charge in [-0.15, -0.1) is 0 Å². The van der Waals surface area contributed by atoms with Crippen LogP contribution in [0.25, 0.3) is 0 Å². The lowest BCUT2D eigenvalue weighted by atomic mass is 10.0. The van der Waals surface area contributed by atoms with Gasteiger partial charge in [-0.25, -0.2) is 0 Å². The minimum Gasteiger partial charge on any atom is -0.326 e. The van der Waals surface area contributed by atoms with Crippen LogP contribution in [0.4, 0.5) is 0 Å². The molecule has 0 saturated heterocycles. The number of hydrogen-bond acceptors (Lipinski definition) is 2. The second kappa shape index (κ2) is 3.72. The van der Waals surface area contributed by atoms with Crippen LogP contribution in [-0.2, 0) is 6.54 Å². The quantitative estimate of drug-likeness (QED) is 0.736. The van der Waals surface area contributed by atoms with Gasteiger partial charge in [-0.2, -0.15) is 5.10 Å². The van der Waals surface area contributed by atoms with Gasteiger partial charge in [0.25, 0.3) is 0 Å². The Balaban J connectivity index is 2.20. The van der Waals surface area contributed by atoms with E-state index in [0.717, 1.165) is 19.4 Å². The molecule has 0 saturated carbocycles. The molecule has 1 rings (SSSR count). The van der Waals surface area contributed by atoms with Crippen molar-refractivity contribution in [3.63, 3.8) is 0 Å².